The number of ether oxygens (including phenoxy) is 4. The molecule has 0 radical (unpaired) electrons. The molecule has 4 aliphatic rings. The van der Waals surface area contributed by atoms with Crippen LogP contribution in [0.2, 0.25) is 0 Å². The summed E-state index contributed by atoms with van der Waals surface area (Å²) in [5, 5.41) is 20.0. The van der Waals surface area contributed by atoms with Crippen LogP contribution >= 0.6 is 12.2 Å². The van der Waals surface area contributed by atoms with E-state index in [1.54, 1.807) is 4.68 Å². The number of rotatable bonds is 4. The van der Waals surface area contributed by atoms with Crippen LogP contribution < -0.4 is 20.1 Å². The van der Waals surface area contributed by atoms with Crippen molar-refractivity contribution >= 4 is 17.3 Å². The highest BCUT2D eigenvalue weighted by Crippen LogP contribution is 2.38. The van der Waals surface area contributed by atoms with E-state index in [0.717, 1.165) is 11.3 Å². The average molecular weight is 459 g/mol. The predicted octanol–water partition coefficient (Wildman–Crippen LogP) is 1.57. The van der Waals surface area contributed by atoms with E-state index in [0.29, 0.717) is 35.9 Å². The quantitative estimate of drug-likeness (QED) is 0.656. The molecule has 1 aromatic heterocycles. The summed E-state index contributed by atoms with van der Waals surface area (Å²) in [6.07, 6.45) is 5.94. The molecule has 0 amide bonds. The fraction of sp³-hybridized carbons (Fsp3) is 0.619. The Balaban J connectivity index is 1.14. The van der Waals surface area contributed by atoms with Crippen LogP contribution in [0, 0.1) is 0 Å². The number of aromatic nitrogens is 4. The van der Waals surface area contributed by atoms with Crippen LogP contribution in [0.15, 0.2) is 18.2 Å². The molecular weight excluding hydrogens is 432 g/mol. The van der Waals surface area contributed by atoms with Crippen molar-refractivity contribution in [3.05, 3.63) is 18.2 Å². The average Bonchev–Trinajstić information content (AvgIpc) is 3.59. The van der Waals surface area contributed by atoms with Gasteiger partial charge in [0, 0.05) is 11.6 Å². The Bertz CT molecular complexity index is 996. The van der Waals surface area contributed by atoms with E-state index >= 15 is 0 Å². The van der Waals surface area contributed by atoms with Crippen LogP contribution in [0.3, 0.4) is 0 Å². The van der Waals surface area contributed by atoms with Crippen LogP contribution in [-0.4, -0.2) is 69.6 Å². The van der Waals surface area contributed by atoms with Crippen LogP contribution in [0.4, 0.5) is 0 Å². The first kappa shape index (κ1) is 20.1. The second-order valence-corrected chi connectivity index (χ2v) is 9.15. The molecule has 4 heterocycles. The van der Waals surface area contributed by atoms with Crippen molar-refractivity contribution in [2.45, 2.75) is 62.4 Å². The van der Waals surface area contributed by atoms with E-state index in [-0.39, 0.29) is 31.1 Å². The molecule has 170 valence electrons. The van der Waals surface area contributed by atoms with Crippen LogP contribution in [-0.2, 0) is 9.47 Å². The molecule has 2 N–H and O–H groups in total. The molecule has 0 unspecified atom stereocenters. The summed E-state index contributed by atoms with van der Waals surface area (Å²) in [6, 6.07) is 6.04. The number of hydrogen-bond donors (Lipinski definition) is 2. The molecule has 1 aromatic carbocycles. The second-order valence-electron chi connectivity index (χ2n) is 8.74. The number of tetrazole rings is 1. The van der Waals surface area contributed by atoms with Gasteiger partial charge in [-0.2, -0.15) is 0 Å². The summed E-state index contributed by atoms with van der Waals surface area (Å²) in [5.74, 6) is 2.06. The van der Waals surface area contributed by atoms with Crippen molar-refractivity contribution in [3.8, 4) is 22.9 Å². The lowest BCUT2D eigenvalue weighted by atomic mass is 9.96. The van der Waals surface area contributed by atoms with Crippen molar-refractivity contribution in [1.82, 2.24) is 30.8 Å². The molecule has 4 atom stereocenters. The third kappa shape index (κ3) is 3.67. The molecule has 10 nitrogen and oxygen atoms in total. The minimum Gasteiger partial charge on any atom is -0.454 e. The lowest BCUT2D eigenvalue weighted by Crippen LogP contribution is -2.50. The Kier molecular flexibility index (Phi) is 5.32. The summed E-state index contributed by atoms with van der Waals surface area (Å²) in [4.78, 5) is 0. The largest absolute Gasteiger partial charge is 0.454 e. The summed E-state index contributed by atoms with van der Waals surface area (Å²) in [5.41, 5.74) is 0.855. The van der Waals surface area contributed by atoms with Crippen molar-refractivity contribution in [2.24, 2.45) is 0 Å². The van der Waals surface area contributed by atoms with Crippen LogP contribution in [0.5, 0.6) is 11.5 Å². The zero-order valence-corrected chi connectivity index (χ0v) is 18.4. The molecule has 0 spiro atoms. The first-order valence-corrected chi connectivity index (χ1v) is 11.7. The third-order valence-electron chi connectivity index (χ3n) is 6.72. The fourth-order valence-electron chi connectivity index (χ4n) is 5.10. The van der Waals surface area contributed by atoms with Crippen molar-refractivity contribution in [1.29, 1.82) is 0 Å². The van der Waals surface area contributed by atoms with Crippen LogP contribution in [0.1, 0.15) is 38.1 Å². The Morgan fingerprint density at radius 1 is 1.00 bits per heavy atom. The smallest absolute Gasteiger partial charge is 0.231 e. The second kappa shape index (κ2) is 8.45. The lowest BCUT2D eigenvalue weighted by Gasteiger charge is -2.26. The maximum Gasteiger partial charge on any atom is 0.231 e. The SMILES string of the molecule is S=C(NC1CCCCC1)N[C@H]1CO[C@H]2[C@H]1OC[C@H]2n1nnnc1-c1ccc2c(c1)OCO2. The summed E-state index contributed by atoms with van der Waals surface area (Å²) >= 11 is 5.57. The highest BCUT2D eigenvalue weighted by molar-refractivity contribution is 7.80. The minimum absolute atomic E-state index is 0.000866. The number of thiocarbonyl (C=S) groups is 1. The van der Waals surface area contributed by atoms with Gasteiger partial charge in [0.1, 0.15) is 18.2 Å². The normalized spacial score (nSPS) is 29.1. The van der Waals surface area contributed by atoms with E-state index < -0.39 is 0 Å². The van der Waals surface area contributed by atoms with Gasteiger partial charge in [-0.25, -0.2) is 4.68 Å². The van der Waals surface area contributed by atoms with Gasteiger partial charge in [-0.3, -0.25) is 0 Å². The first-order valence-electron chi connectivity index (χ1n) is 11.2. The third-order valence-corrected chi connectivity index (χ3v) is 6.96. The standard InChI is InChI=1S/C21H26N6O4S/c32-21(22-13-4-2-1-3-5-13)23-14-9-28-19-15(10-29-18(14)19)27-20(24-25-26-27)12-6-7-16-17(8-12)31-11-30-16/h6-8,13-15,18-19H,1-5,9-11H2,(H2,22,23,32)/t14-,15+,18-,19+/m0/s1. The fourth-order valence-corrected chi connectivity index (χ4v) is 5.42. The summed E-state index contributed by atoms with van der Waals surface area (Å²) in [7, 11) is 0. The molecule has 11 heteroatoms. The molecule has 2 aromatic rings. The topological polar surface area (TPSA) is 105 Å². The maximum absolute atomic E-state index is 6.15. The van der Waals surface area contributed by atoms with Crippen LogP contribution in [0.25, 0.3) is 11.4 Å². The van der Waals surface area contributed by atoms with Gasteiger partial charge >= 0.3 is 0 Å². The van der Waals surface area contributed by atoms with Crippen molar-refractivity contribution in [3.63, 3.8) is 0 Å². The zero-order valence-electron chi connectivity index (χ0n) is 17.6. The Morgan fingerprint density at radius 3 is 2.75 bits per heavy atom. The molecule has 1 aliphatic carbocycles. The number of nitrogens with one attached hydrogen (secondary N) is 2. The van der Waals surface area contributed by atoms with Gasteiger partial charge in [-0.05, 0) is 53.7 Å². The van der Waals surface area contributed by atoms with Gasteiger partial charge in [0.15, 0.2) is 22.4 Å². The van der Waals surface area contributed by atoms with E-state index in [1.807, 2.05) is 18.2 Å². The molecular formula is C21H26N6O4S. The first-order chi connectivity index (χ1) is 15.8. The Hall–Kier alpha value is -2.50. The molecule has 32 heavy (non-hydrogen) atoms. The molecule has 6 rings (SSSR count). The predicted molar refractivity (Wildman–Crippen MR) is 117 cm³/mol. The van der Waals surface area contributed by atoms with Gasteiger partial charge in [-0.1, -0.05) is 19.3 Å². The van der Waals surface area contributed by atoms with Gasteiger partial charge < -0.3 is 29.6 Å². The molecule has 0 bridgehead atoms. The number of fused-ring (bicyclic) bond motifs is 2. The summed E-state index contributed by atoms with van der Waals surface area (Å²) in [6.45, 7) is 1.22. The van der Waals surface area contributed by atoms with Gasteiger partial charge in [0.2, 0.25) is 6.79 Å². The highest BCUT2D eigenvalue weighted by Gasteiger charge is 2.50. The van der Waals surface area contributed by atoms with Crippen molar-refractivity contribution in [2.75, 3.05) is 20.0 Å². The van der Waals surface area contributed by atoms with E-state index in [1.165, 1.54) is 32.1 Å². The molecule has 1 saturated carbocycles. The Labute approximate surface area is 190 Å². The van der Waals surface area contributed by atoms with E-state index in [2.05, 4.69) is 26.2 Å². The maximum atomic E-state index is 6.15. The molecule has 2 saturated heterocycles. The molecule has 3 fully saturated rings. The monoisotopic (exact) mass is 458 g/mol. The highest BCUT2D eigenvalue weighted by atomic mass is 32.1. The molecule has 3 aliphatic heterocycles. The van der Waals surface area contributed by atoms with Crippen molar-refractivity contribution < 1.29 is 18.9 Å². The lowest BCUT2D eigenvalue weighted by molar-refractivity contribution is 0.0626. The Morgan fingerprint density at radius 2 is 1.84 bits per heavy atom. The van der Waals surface area contributed by atoms with Gasteiger partial charge in [0.25, 0.3) is 0 Å². The van der Waals surface area contributed by atoms with E-state index in [4.69, 9.17) is 31.2 Å². The van der Waals surface area contributed by atoms with Gasteiger partial charge in [0.05, 0.1) is 19.3 Å². The number of benzene rings is 1. The van der Waals surface area contributed by atoms with E-state index in [9.17, 15) is 0 Å². The number of hydrogen-bond acceptors (Lipinski definition) is 8. The zero-order chi connectivity index (χ0) is 21.5. The minimum atomic E-state index is -0.152. The number of nitrogens with zero attached hydrogens (tertiary/aromatic N) is 4. The summed E-state index contributed by atoms with van der Waals surface area (Å²) < 4.78 is 25.0. The van der Waals surface area contributed by atoms with Gasteiger partial charge in [-0.15, -0.1) is 5.10 Å².